The summed E-state index contributed by atoms with van der Waals surface area (Å²) >= 11 is 5.70. The second-order valence-corrected chi connectivity index (χ2v) is 3.21. The SMILES string of the molecule is BCCOC(O)c1ccc(Cl)cc1. The van der Waals surface area contributed by atoms with Crippen LogP contribution in [0.1, 0.15) is 11.9 Å². The van der Waals surface area contributed by atoms with Crippen LogP contribution in [0.5, 0.6) is 0 Å². The van der Waals surface area contributed by atoms with E-state index in [0.29, 0.717) is 11.6 Å². The van der Waals surface area contributed by atoms with Crippen LogP contribution in [0.25, 0.3) is 0 Å². The lowest BCUT2D eigenvalue weighted by Crippen LogP contribution is -2.03. The van der Waals surface area contributed by atoms with Crippen molar-refractivity contribution in [2.45, 2.75) is 12.6 Å². The number of hydrogen-bond donors (Lipinski definition) is 1. The van der Waals surface area contributed by atoms with Gasteiger partial charge < -0.3 is 9.84 Å². The van der Waals surface area contributed by atoms with Crippen LogP contribution in [-0.2, 0) is 4.74 Å². The standard InChI is InChI=1S/C9H12BClO2/c10-5-6-13-9(12)7-1-3-8(11)4-2-7/h1-4,9,12H,5-6,10H2. The molecule has 0 aliphatic carbocycles. The Balaban J connectivity index is 2.55. The van der Waals surface area contributed by atoms with E-state index in [1.54, 1.807) is 24.3 Å². The molecule has 0 aromatic heterocycles. The third kappa shape index (κ3) is 3.39. The summed E-state index contributed by atoms with van der Waals surface area (Å²) in [7, 11) is 1.99. The van der Waals surface area contributed by atoms with Gasteiger partial charge in [0.25, 0.3) is 0 Å². The summed E-state index contributed by atoms with van der Waals surface area (Å²) in [5, 5.41) is 10.1. The van der Waals surface area contributed by atoms with E-state index < -0.39 is 6.29 Å². The minimum Gasteiger partial charge on any atom is -0.364 e. The van der Waals surface area contributed by atoms with E-state index in [9.17, 15) is 5.11 Å². The molecule has 0 bridgehead atoms. The lowest BCUT2D eigenvalue weighted by Gasteiger charge is -2.11. The van der Waals surface area contributed by atoms with Crippen molar-refractivity contribution in [2.24, 2.45) is 0 Å². The molecule has 0 heterocycles. The topological polar surface area (TPSA) is 29.5 Å². The van der Waals surface area contributed by atoms with Crippen LogP contribution >= 0.6 is 11.6 Å². The summed E-state index contributed by atoms with van der Waals surface area (Å²) in [6, 6.07) is 6.97. The fourth-order valence-electron chi connectivity index (χ4n) is 0.953. The van der Waals surface area contributed by atoms with E-state index in [1.165, 1.54) is 0 Å². The molecule has 0 aliphatic rings. The van der Waals surface area contributed by atoms with Gasteiger partial charge in [-0.05, 0) is 12.1 Å². The van der Waals surface area contributed by atoms with E-state index in [4.69, 9.17) is 16.3 Å². The van der Waals surface area contributed by atoms with E-state index in [-0.39, 0.29) is 0 Å². The number of benzene rings is 1. The molecule has 0 saturated carbocycles. The summed E-state index contributed by atoms with van der Waals surface area (Å²) in [4.78, 5) is 0. The van der Waals surface area contributed by atoms with Crippen molar-refractivity contribution in [3.05, 3.63) is 34.9 Å². The molecule has 0 fully saturated rings. The smallest absolute Gasteiger partial charge is 0.181 e. The molecule has 1 unspecified atom stereocenters. The molecule has 0 amide bonds. The second-order valence-electron chi connectivity index (χ2n) is 2.77. The molecule has 4 heteroatoms. The largest absolute Gasteiger partial charge is 0.364 e. The Labute approximate surface area is 83.9 Å². The Morgan fingerprint density at radius 2 is 2.00 bits per heavy atom. The fourth-order valence-corrected chi connectivity index (χ4v) is 1.08. The van der Waals surface area contributed by atoms with Gasteiger partial charge in [0.1, 0.15) is 7.85 Å². The van der Waals surface area contributed by atoms with E-state index in [0.717, 1.165) is 11.9 Å². The van der Waals surface area contributed by atoms with Gasteiger partial charge in [0.2, 0.25) is 0 Å². The molecule has 0 spiro atoms. The van der Waals surface area contributed by atoms with E-state index in [2.05, 4.69) is 0 Å². The molecule has 70 valence electrons. The molecule has 1 aromatic carbocycles. The van der Waals surface area contributed by atoms with Gasteiger partial charge in [0.05, 0.1) is 0 Å². The summed E-state index contributed by atoms with van der Waals surface area (Å²) < 4.78 is 5.13. The van der Waals surface area contributed by atoms with Crippen molar-refractivity contribution in [1.82, 2.24) is 0 Å². The zero-order chi connectivity index (χ0) is 9.68. The van der Waals surface area contributed by atoms with Crippen molar-refractivity contribution in [3.8, 4) is 0 Å². The highest BCUT2D eigenvalue weighted by atomic mass is 35.5. The van der Waals surface area contributed by atoms with Crippen molar-refractivity contribution in [1.29, 1.82) is 0 Å². The summed E-state index contributed by atoms with van der Waals surface area (Å²) in [5.41, 5.74) is 0.734. The average molecular weight is 198 g/mol. The Morgan fingerprint density at radius 1 is 1.38 bits per heavy atom. The summed E-state index contributed by atoms with van der Waals surface area (Å²) in [5.74, 6) is 0. The lowest BCUT2D eigenvalue weighted by atomic mass is 10.1. The Hall–Kier alpha value is -0.505. The third-order valence-corrected chi connectivity index (χ3v) is 1.89. The predicted molar refractivity (Wildman–Crippen MR) is 55.7 cm³/mol. The highest BCUT2D eigenvalue weighted by Gasteiger charge is 2.05. The van der Waals surface area contributed by atoms with Gasteiger partial charge in [-0.25, -0.2) is 0 Å². The van der Waals surface area contributed by atoms with Gasteiger partial charge in [-0.1, -0.05) is 30.1 Å². The maximum absolute atomic E-state index is 9.48. The van der Waals surface area contributed by atoms with Crippen molar-refractivity contribution in [2.75, 3.05) is 6.61 Å². The molecule has 1 atom stereocenters. The van der Waals surface area contributed by atoms with Gasteiger partial charge in [-0.3, -0.25) is 0 Å². The molecular weight excluding hydrogens is 186 g/mol. The first-order valence-corrected chi connectivity index (χ1v) is 4.67. The van der Waals surface area contributed by atoms with Gasteiger partial charge >= 0.3 is 0 Å². The number of hydrogen-bond acceptors (Lipinski definition) is 2. The van der Waals surface area contributed by atoms with Crippen molar-refractivity contribution >= 4 is 19.4 Å². The molecule has 0 saturated heterocycles. The van der Waals surface area contributed by atoms with Gasteiger partial charge in [-0.15, -0.1) is 0 Å². The highest BCUT2D eigenvalue weighted by molar-refractivity contribution is 6.30. The van der Waals surface area contributed by atoms with Crippen molar-refractivity contribution < 1.29 is 9.84 Å². The van der Waals surface area contributed by atoms with Crippen LogP contribution in [0.2, 0.25) is 11.3 Å². The molecule has 2 nitrogen and oxygen atoms in total. The van der Waals surface area contributed by atoms with E-state index >= 15 is 0 Å². The maximum Gasteiger partial charge on any atom is 0.181 e. The van der Waals surface area contributed by atoms with E-state index in [1.807, 2.05) is 7.85 Å². The molecule has 1 rings (SSSR count). The minimum absolute atomic E-state index is 0.559. The number of aliphatic hydroxyl groups is 1. The van der Waals surface area contributed by atoms with Crippen molar-refractivity contribution in [3.63, 3.8) is 0 Å². The first-order chi connectivity index (χ1) is 6.24. The van der Waals surface area contributed by atoms with Crippen LogP contribution in [0, 0.1) is 0 Å². The van der Waals surface area contributed by atoms with Gasteiger partial charge in [-0.2, -0.15) is 0 Å². The Morgan fingerprint density at radius 3 is 2.54 bits per heavy atom. The first kappa shape index (κ1) is 10.6. The summed E-state index contributed by atoms with van der Waals surface area (Å²) in [6.07, 6.45) is 0.0576. The monoisotopic (exact) mass is 198 g/mol. The zero-order valence-corrected chi connectivity index (χ0v) is 8.29. The highest BCUT2D eigenvalue weighted by Crippen LogP contribution is 2.17. The first-order valence-electron chi connectivity index (χ1n) is 4.29. The Kier molecular flexibility index (Phi) is 4.29. The lowest BCUT2D eigenvalue weighted by molar-refractivity contribution is -0.0978. The molecular formula is C9H12BClO2. The average Bonchev–Trinajstić information content (AvgIpc) is 2.15. The number of ether oxygens (including phenoxy) is 1. The van der Waals surface area contributed by atoms with Crippen LogP contribution in [0.3, 0.4) is 0 Å². The molecule has 1 aromatic rings. The van der Waals surface area contributed by atoms with Crippen LogP contribution < -0.4 is 0 Å². The molecule has 1 N–H and O–H groups in total. The van der Waals surface area contributed by atoms with Gasteiger partial charge in [0, 0.05) is 17.2 Å². The second kappa shape index (κ2) is 5.27. The molecule has 13 heavy (non-hydrogen) atoms. The fraction of sp³-hybridized carbons (Fsp3) is 0.333. The Bertz CT molecular complexity index is 250. The predicted octanol–water partition coefficient (Wildman–Crippen LogP) is 1.40. The third-order valence-electron chi connectivity index (χ3n) is 1.64. The van der Waals surface area contributed by atoms with Crippen LogP contribution in [0.4, 0.5) is 0 Å². The number of rotatable bonds is 4. The minimum atomic E-state index is -0.836. The number of aliphatic hydroxyl groups excluding tert-OH is 1. The maximum atomic E-state index is 9.48. The zero-order valence-electron chi connectivity index (χ0n) is 7.53. The molecule has 0 aliphatic heterocycles. The normalized spacial score (nSPS) is 12.8. The molecule has 0 radical (unpaired) electrons. The quantitative estimate of drug-likeness (QED) is 0.585. The summed E-state index contributed by atoms with van der Waals surface area (Å²) in [6.45, 7) is 0.559. The number of halogens is 1. The van der Waals surface area contributed by atoms with Crippen LogP contribution in [0.15, 0.2) is 24.3 Å². The van der Waals surface area contributed by atoms with Gasteiger partial charge in [0.15, 0.2) is 6.29 Å². The van der Waals surface area contributed by atoms with Crippen LogP contribution in [-0.4, -0.2) is 19.6 Å².